The summed E-state index contributed by atoms with van der Waals surface area (Å²) in [5.74, 6) is 0.868. The second kappa shape index (κ2) is 5.57. The molecule has 114 valence electrons. The lowest BCUT2D eigenvalue weighted by Gasteiger charge is -2.18. The van der Waals surface area contributed by atoms with E-state index in [2.05, 4.69) is 15.5 Å². The van der Waals surface area contributed by atoms with Gasteiger partial charge in [-0.2, -0.15) is 0 Å². The number of rotatable bonds is 4. The molecule has 0 fully saturated rings. The van der Waals surface area contributed by atoms with E-state index in [9.17, 15) is 8.42 Å². The van der Waals surface area contributed by atoms with E-state index in [1.54, 1.807) is 12.1 Å². The SMILES string of the molecule is CC(C)(C)NCc1nnc(-c2ccc(S(C)(=O)=O)cc2)o1. The number of hydrogen-bond acceptors (Lipinski definition) is 6. The normalized spacial score (nSPS) is 12.6. The van der Waals surface area contributed by atoms with Gasteiger partial charge in [-0.3, -0.25) is 0 Å². The van der Waals surface area contributed by atoms with Crippen LogP contribution in [0.4, 0.5) is 0 Å². The predicted molar refractivity (Wildman–Crippen MR) is 79.4 cm³/mol. The Bertz CT molecular complexity index is 713. The molecule has 0 spiro atoms. The van der Waals surface area contributed by atoms with Crippen molar-refractivity contribution in [3.63, 3.8) is 0 Å². The van der Waals surface area contributed by atoms with Crippen LogP contribution in [-0.2, 0) is 16.4 Å². The van der Waals surface area contributed by atoms with Crippen LogP contribution < -0.4 is 5.32 Å². The maximum absolute atomic E-state index is 11.4. The van der Waals surface area contributed by atoms with Crippen LogP contribution in [0.15, 0.2) is 33.6 Å². The summed E-state index contributed by atoms with van der Waals surface area (Å²) >= 11 is 0. The summed E-state index contributed by atoms with van der Waals surface area (Å²) in [7, 11) is -3.20. The zero-order chi connectivity index (χ0) is 15.7. The second-order valence-electron chi connectivity index (χ2n) is 5.90. The number of benzene rings is 1. The van der Waals surface area contributed by atoms with Crippen LogP contribution in [0.3, 0.4) is 0 Å². The van der Waals surface area contributed by atoms with Crippen molar-refractivity contribution < 1.29 is 12.8 Å². The molecule has 1 aromatic heterocycles. The molecule has 0 amide bonds. The van der Waals surface area contributed by atoms with E-state index >= 15 is 0 Å². The average Bonchev–Trinajstić information content (AvgIpc) is 2.83. The highest BCUT2D eigenvalue weighted by Gasteiger charge is 2.14. The maximum atomic E-state index is 11.4. The Balaban J connectivity index is 2.14. The molecule has 0 saturated heterocycles. The first-order valence-corrected chi connectivity index (χ1v) is 8.42. The van der Waals surface area contributed by atoms with Crippen molar-refractivity contribution >= 4 is 9.84 Å². The van der Waals surface area contributed by atoms with Crippen molar-refractivity contribution in [2.24, 2.45) is 0 Å². The van der Waals surface area contributed by atoms with Gasteiger partial charge in [0, 0.05) is 17.4 Å². The van der Waals surface area contributed by atoms with Crippen molar-refractivity contribution in [2.45, 2.75) is 37.8 Å². The van der Waals surface area contributed by atoms with E-state index < -0.39 is 9.84 Å². The van der Waals surface area contributed by atoms with Crippen LogP contribution in [0.1, 0.15) is 26.7 Å². The van der Waals surface area contributed by atoms with Gasteiger partial charge < -0.3 is 9.73 Å². The molecule has 21 heavy (non-hydrogen) atoms. The zero-order valence-electron chi connectivity index (χ0n) is 12.5. The Morgan fingerprint density at radius 1 is 1.14 bits per heavy atom. The number of nitrogens with one attached hydrogen (secondary N) is 1. The van der Waals surface area contributed by atoms with Crippen LogP contribution in [-0.4, -0.2) is 30.4 Å². The quantitative estimate of drug-likeness (QED) is 0.930. The monoisotopic (exact) mass is 309 g/mol. The first kappa shape index (κ1) is 15.7. The minimum Gasteiger partial charge on any atom is -0.419 e. The van der Waals surface area contributed by atoms with Crippen molar-refractivity contribution in [3.8, 4) is 11.5 Å². The largest absolute Gasteiger partial charge is 0.419 e. The third kappa shape index (κ3) is 4.37. The molecule has 0 bridgehead atoms. The van der Waals surface area contributed by atoms with Crippen molar-refractivity contribution in [1.82, 2.24) is 15.5 Å². The van der Waals surface area contributed by atoms with E-state index in [0.717, 1.165) is 0 Å². The summed E-state index contributed by atoms with van der Waals surface area (Å²) in [6.07, 6.45) is 1.17. The van der Waals surface area contributed by atoms with Crippen LogP contribution in [0.5, 0.6) is 0 Å². The molecule has 0 aliphatic carbocycles. The molecule has 1 heterocycles. The van der Waals surface area contributed by atoms with Gasteiger partial charge in [-0.1, -0.05) is 0 Å². The summed E-state index contributed by atoms with van der Waals surface area (Å²) in [6, 6.07) is 6.37. The lowest BCUT2D eigenvalue weighted by molar-refractivity contribution is 0.383. The molecule has 0 aliphatic rings. The fraction of sp³-hybridized carbons (Fsp3) is 0.429. The molecule has 0 radical (unpaired) electrons. The fourth-order valence-corrected chi connectivity index (χ4v) is 2.26. The van der Waals surface area contributed by atoms with Gasteiger partial charge in [0.1, 0.15) is 0 Å². The Hall–Kier alpha value is -1.73. The average molecular weight is 309 g/mol. The van der Waals surface area contributed by atoms with E-state index in [4.69, 9.17) is 4.42 Å². The summed E-state index contributed by atoms with van der Waals surface area (Å²) in [6.45, 7) is 6.63. The Morgan fingerprint density at radius 3 is 2.29 bits per heavy atom. The van der Waals surface area contributed by atoms with E-state index in [0.29, 0.717) is 23.9 Å². The summed E-state index contributed by atoms with van der Waals surface area (Å²) in [5, 5.41) is 11.2. The number of hydrogen-bond donors (Lipinski definition) is 1. The summed E-state index contributed by atoms with van der Waals surface area (Å²) in [4.78, 5) is 0.264. The molecule has 2 aromatic rings. The highest BCUT2D eigenvalue weighted by Crippen LogP contribution is 2.20. The highest BCUT2D eigenvalue weighted by atomic mass is 32.2. The van der Waals surface area contributed by atoms with Crippen LogP contribution in [0, 0.1) is 0 Å². The van der Waals surface area contributed by atoms with E-state index in [1.165, 1.54) is 18.4 Å². The van der Waals surface area contributed by atoms with Crippen LogP contribution in [0.25, 0.3) is 11.5 Å². The van der Waals surface area contributed by atoms with Gasteiger partial charge in [0.25, 0.3) is 0 Å². The van der Waals surface area contributed by atoms with Gasteiger partial charge in [-0.25, -0.2) is 8.42 Å². The van der Waals surface area contributed by atoms with Gasteiger partial charge in [0.05, 0.1) is 11.4 Å². The molecule has 2 rings (SSSR count). The Kier molecular flexibility index (Phi) is 4.15. The first-order chi connectivity index (χ1) is 9.65. The Labute approximate surface area is 124 Å². The minimum atomic E-state index is -3.20. The standard InChI is InChI=1S/C14H19N3O3S/c1-14(2,3)15-9-12-16-17-13(20-12)10-5-7-11(8-6-10)21(4,18)19/h5-8,15H,9H2,1-4H3. The minimum absolute atomic E-state index is 0.0359. The van der Waals surface area contributed by atoms with Crippen LogP contribution >= 0.6 is 0 Å². The van der Waals surface area contributed by atoms with Gasteiger partial charge in [-0.15, -0.1) is 10.2 Å². The molecule has 0 atom stereocenters. The molecular formula is C14H19N3O3S. The van der Waals surface area contributed by atoms with Gasteiger partial charge in [0.15, 0.2) is 9.84 Å². The molecule has 0 aliphatic heterocycles. The predicted octanol–water partition coefficient (Wildman–Crippen LogP) is 2.03. The molecular weight excluding hydrogens is 290 g/mol. The third-order valence-electron chi connectivity index (χ3n) is 2.77. The molecule has 1 aromatic carbocycles. The topological polar surface area (TPSA) is 85.1 Å². The zero-order valence-corrected chi connectivity index (χ0v) is 13.4. The summed E-state index contributed by atoms with van der Waals surface area (Å²) in [5.41, 5.74) is 0.656. The number of nitrogens with zero attached hydrogens (tertiary/aromatic N) is 2. The molecule has 7 heteroatoms. The maximum Gasteiger partial charge on any atom is 0.247 e. The third-order valence-corrected chi connectivity index (χ3v) is 3.89. The fourth-order valence-electron chi connectivity index (χ4n) is 1.63. The number of sulfone groups is 1. The van der Waals surface area contributed by atoms with Gasteiger partial charge >= 0.3 is 0 Å². The summed E-state index contributed by atoms with van der Waals surface area (Å²) < 4.78 is 28.4. The lowest BCUT2D eigenvalue weighted by Crippen LogP contribution is -2.35. The van der Waals surface area contributed by atoms with Gasteiger partial charge in [0.2, 0.25) is 11.8 Å². The number of aromatic nitrogens is 2. The molecule has 6 nitrogen and oxygen atoms in total. The van der Waals surface area contributed by atoms with Crippen LogP contribution in [0.2, 0.25) is 0 Å². The van der Waals surface area contributed by atoms with Gasteiger partial charge in [-0.05, 0) is 45.0 Å². The van der Waals surface area contributed by atoms with Crippen molar-refractivity contribution in [3.05, 3.63) is 30.2 Å². The lowest BCUT2D eigenvalue weighted by atomic mass is 10.1. The van der Waals surface area contributed by atoms with Crippen molar-refractivity contribution in [1.29, 1.82) is 0 Å². The second-order valence-corrected chi connectivity index (χ2v) is 7.92. The molecule has 0 unspecified atom stereocenters. The van der Waals surface area contributed by atoms with Crippen molar-refractivity contribution in [2.75, 3.05) is 6.26 Å². The smallest absolute Gasteiger partial charge is 0.247 e. The highest BCUT2D eigenvalue weighted by molar-refractivity contribution is 7.90. The molecule has 1 N–H and O–H groups in total. The van der Waals surface area contributed by atoms with E-state index in [1.807, 2.05) is 20.8 Å². The van der Waals surface area contributed by atoms with E-state index in [-0.39, 0.29) is 10.4 Å². The Morgan fingerprint density at radius 2 is 1.76 bits per heavy atom. The first-order valence-electron chi connectivity index (χ1n) is 6.53. The molecule has 0 saturated carbocycles.